The molecule has 1 saturated heterocycles. The minimum Gasteiger partial charge on any atom is -0.370 e. The van der Waals surface area contributed by atoms with Crippen molar-refractivity contribution in [2.75, 3.05) is 25.0 Å². The van der Waals surface area contributed by atoms with Crippen LogP contribution >= 0.6 is 0 Å². The van der Waals surface area contributed by atoms with Gasteiger partial charge in [0, 0.05) is 24.3 Å². The van der Waals surface area contributed by atoms with Crippen molar-refractivity contribution >= 4 is 5.69 Å². The third-order valence-corrected chi connectivity index (χ3v) is 4.01. The minimum absolute atomic E-state index is 0.313. The zero-order chi connectivity index (χ0) is 12.3. The molecule has 1 aliphatic rings. The molecule has 3 nitrogen and oxygen atoms in total. The van der Waals surface area contributed by atoms with E-state index in [0.29, 0.717) is 5.54 Å². The van der Waals surface area contributed by atoms with E-state index in [4.69, 9.17) is 0 Å². The second kappa shape index (κ2) is 5.05. The smallest absolute Gasteiger partial charge is 0.0552 e. The molecule has 0 radical (unpaired) electrons. The van der Waals surface area contributed by atoms with E-state index in [0.717, 1.165) is 19.5 Å². The molecular weight excluding hydrogens is 210 g/mol. The first-order chi connectivity index (χ1) is 8.17. The van der Waals surface area contributed by atoms with E-state index in [1.54, 1.807) is 0 Å². The van der Waals surface area contributed by atoms with Crippen LogP contribution in [0.1, 0.15) is 32.4 Å². The molecule has 3 heteroatoms. The molecule has 0 atom stereocenters. The van der Waals surface area contributed by atoms with Crippen LogP contribution in [0.25, 0.3) is 0 Å². The van der Waals surface area contributed by atoms with Crippen molar-refractivity contribution in [3.8, 4) is 0 Å². The Hall–Kier alpha value is -1.09. The summed E-state index contributed by atoms with van der Waals surface area (Å²) in [5.41, 5.74) is 2.75. The van der Waals surface area contributed by atoms with Crippen molar-refractivity contribution in [2.24, 2.45) is 0 Å². The molecule has 94 valence electrons. The number of aromatic nitrogens is 1. The van der Waals surface area contributed by atoms with Gasteiger partial charge in [-0.05, 0) is 45.4 Å². The van der Waals surface area contributed by atoms with Crippen LogP contribution in [0.15, 0.2) is 18.3 Å². The number of pyridine rings is 1. The molecule has 1 aromatic heterocycles. The fourth-order valence-electron chi connectivity index (χ4n) is 2.32. The highest BCUT2D eigenvalue weighted by molar-refractivity contribution is 5.45. The van der Waals surface area contributed by atoms with Gasteiger partial charge in [-0.3, -0.25) is 4.98 Å². The number of hydrogen-bond acceptors (Lipinski definition) is 3. The van der Waals surface area contributed by atoms with Gasteiger partial charge < -0.3 is 10.2 Å². The van der Waals surface area contributed by atoms with Gasteiger partial charge in [-0.15, -0.1) is 0 Å². The largest absolute Gasteiger partial charge is 0.370 e. The quantitative estimate of drug-likeness (QED) is 0.867. The molecular formula is C14H23N3. The van der Waals surface area contributed by atoms with Crippen molar-refractivity contribution in [1.29, 1.82) is 0 Å². The van der Waals surface area contributed by atoms with E-state index in [1.807, 2.05) is 6.20 Å². The standard InChI is InChI=1S/C14H23N3/c1-4-12-5-6-13(11-16-12)17-9-7-14(2,15-3)8-10-17/h5-6,11,15H,4,7-10H2,1-3H3. The topological polar surface area (TPSA) is 28.2 Å². The predicted molar refractivity (Wildman–Crippen MR) is 72.5 cm³/mol. The molecule has 0 aromatic carbocycles. The first kappa shape index (κ1) is 12.4. The van der Waals surface area contributed by atoms with Crippen LogP contribution < -0.4 is 10.2 Å². The Morgan fingerprint density at radius 1 is 1.35 bits per heavy atom. The lowest BCUT2D eigenvalue weighted by Gasteiger charge is -2.40. The van der Waals surface area contributed by atoms with Crippen LogP contribution in [-0.4, -0.2) is 30.7 Å². The van der Waals surface area contributed by atoms with E-state index in [9.17, 15) is 0 Å². The monoisotopic (exact) mass is 233 g/mol. The van der Waals surface area contributed by atoms with Crippen molar-refractivity contribution in [2.45, 2.75) is 38.6 Å². The molecule has 17 heavy (non-hydrogen) atoms. The van der Waals surface area contributed by atoms with Crippen LogP contribution in [0, 0.1) is 0 Å². The Bertz CT molecular complexity index is 350. The summed E-state index contributed by atoms with van der Waals surface area (Å²) in [6, 6.07) is 4.34. The van der Waals surface area contributed by atoms with Gasteiger partial charge in [-0.1, -0.05) is 6.92 Å². The molecule has 0 unspecified atom stereocenters. The van der Waals surface area contributed by atoms with Gasteiger partial charge in [0.1, 0.15) is 0 Å². The normalized spacial score (nSPS) is 19.4. The van der Waals surface area contributed by atoms with Gasteiger partial charge in [-0.2, -0.15) is 0 Å². The van der Waals surface area contributed by atoms with Crippen molar-refractivity contribution in [3.05, 3.63) is 24.0 Å². The predicted octanol–water partition coefficient (Wildman–Crippen LogP) is 2.22. The summed E-state index contributed by atoms with van der Waals surface area (Å²) >= 11 is 0. The van der Waals surface area contributed by atoms with Gasteiger partial charge in [0.2, 0.25) is 0 Å². The van der Waals surface area contributed by atoms with Gasteiger partial charge in [0.15, 0.2) is 0 Å². The number of nitrogens with zero attached hydrogens (tertiary/aromatic N) is 2. The zero-order valence-electron chi connectivity index (χ0n) is 11.2. The number of aryl methyl sites for hydroxylation is 1. The summed E-state index contributed by atoms with van der Waals surface area (Å²) in [4.78, 5) is 6.91. The first-order valence-corrected chi connectivity index (χ1v) is 6.55. The third kappa shape index (κ3) is 2.78. The summed E-state index contributed by atoms with van der Waals surface area (Å²) in [7, 11) is 2.06. The lowest BCUT2D eigenvalue weighted by atomic mass is 9.90. The van der Waals surface area contributed by atoms with Crippen LogP contribution in [-0.2, 0) is 6.42 Å². The van der Waals surface area contributed by atoms with Crippen LogP contribution in [0.3, 0.4) is 0 Å². The Morgan fingerprint density at radius 3 is 2.53 bits per heavy atom. The van der Waals surface area contributed by atoms with Gasteiger partial charge in [0.25, 0.3) is 0 Å². The molecule has 2 rings (SSSR count). The van der Waals surface area contributed by atoms with Crippen LogP contribution in [0.5, 0.6) is 0 Å². The van der Waals surface area contributed by atoms with E-state index in [1.165, 1.54) is 24.2 Å². The lowest BCUT2D eigenvalue weighted by Crippen LogP contribution is -2.50. The van der Waals surface area contributed by atoms with E-state index in [2.05, 4.69) is 48.2 Å². The molecule has 0 saturated carbocycles. The van der Waals surface area contributed by atoms with Gasteiger partial charge >= 0.3 is 0 Å². The van der Waals surface area contributed by atoms with Crippen molar-refractivity contribution in [3.63, 3.8) is 0 Å². The van der Waals surface area contributed by atoms with E-state index >= 15 is 0 Å². The Kier molecular flexibility index (Phi) is 3.67. The third-order valence-electron chi connectivity index (χ3n) is 4.01. The maximum atomic E-state index is 4.47. The SMILES string of the molecule is CCc1ccc(N2CCC(C)(NC)CC2)cn1. The van der Waals surface area contributed by atoms with E-state index < -0.39 is 0 Å². The highest BCUT2D eigenvalue weighted by Crippen LogP contribution is 2.25. The lowest BCUT2D eigenvalue weighted by molar-refractivity contribution is 0.305. The van der Waals surface area contributed by atoms with E-state index in [-0.39, 0.29) is 0 Å². The maximum Gasteiger partial charge on any atom is 0.0552 e. The van der Waals surface area contributed by atoms with Crippen molar-refractivity contribution in [1.82, 2.24) is 10.3 Å². The molecule has 1 aromatic rings. The molecule has 1 fully saturated rings. The highest BCUT2D eigenvalue weighted by atomic mass is 15.2. The number of hydrogen-bond donors (Lipinski definition) is 1. The Morgan fingerprint density at radius 2 is 2.06 bits per heavy atom. The van der Waals surface area contributed by atoms with Crippen LogP contribution in [0.2, 0.25) is 0 Å². The summed E-state index contributed by atoms with van der Waals surface area (Å²) in [6.45, 7) is 6.68. The number of piperidine rings is 1. The summed E-state index contributed by atoms with van der Waals surface area (Å²) in [6.07, 6.45) is 5.41. The number of nitrogens with one attached hydrogen (secondary N) is 1. The average Bonchev–Trinajstić information content (AvgIpc) is 2.40. The first-order valence-electron chi connectivity index (χ1n) is 6.55. The Labute approximate surface area is 104 Å². The van der Waals surface area contributed by atoms with Gasteiger partial charge in [-0.25, -0.2) is 0 Å². The molecule has 1 N–H and O–H groups in total. The fourth-order valence-corrected chi connectivity index (χ4v) is 2.32. The molecule has 0 amide bonds. The minimum atomic E-state index is 0.313. The number of anilines is 1. The summed E-state index contributed by atoms with van der Waals surface area (Å²) in [5, 5.41) is 3.43. The molecule has 0 aliphatic carbocycles. The number of rotatable bonds is 3. The Balaban J connectivity index is 2.00. The zero-order valence-corrected chi connectivity index (χ0v) is 11.2. The highest BCUT2D eigenvalue weighted by Gasteiger charge is 2.28. The summed E-state index contributed by atoms with van der Waals surface area (Å²) in [5.74, 6) is 0. The second-order valence-electron chi connectivity index (χ2n) is 5.16. The maximum absolute atomic E-state index is 4.47. The van der Waals surface area contributed by atoms with Crippen LogP contribution in [0.4, 0.5) is 5.69 Å². The van der Waals surface area contributed by atoms with Gasteiger partial charge in [0.05, 0.1) is 11.9 Å². The average molecular weight is 233 g/mol. The fraction of sp³-hybridized carbons (Fsp3) is 0.643. The molecule has 0 spiro atoms. The van der Waals surface area contributed by atoms with Crippen molar-refractivity contribution < 1.29 is 0 Å². The molecule has 0 bridgehead atoms. The molecule has 2 heterocycles. The molecule has 1 aliphatic heterocycles. The summed E-state index contributed by atoms with van der Waals surface area (Å²) < 4.78 is 0. The second-order valence-corrected chi connectivity index (χ2v) is 5.16.